The zero-order valence-electron chi connectivity index (χ0n) is 9.85. The quantitative estimate of drug-likeness (QED) is 0.830. The van der Waals surface area contributed by atoms with Crippen LogP contribution >= 0.6 is 0 Å². The van der Waals surface area contributed by atoms with Crippen LogP contribution in [0.4, 0.5) is 8.78 Å². The fourth-order valence-corrected chi connectivity index (χ4v) is 1.64. The average Bonchev–Trinajstić information content (AvgIpc) is 2.17. The third kappa shape index (κ3) is 3.54. The van der Waals surface area contributed by atoms with Gasteiger partial charge in [-0.25, -0.2) is 8.78 Å². The predicted octanol–water partition coefficient (Wildman–Crippen LogP) is 2.35. The maximum Gasteiger partial charge on any atom is 0.159 e. The molecule has 0 aliphatic rings. The van der Waals surface area contributed by atoms with E-state index in [2.05, 4.69) is 5.32 Å². The van der Waals surface area contributed by atoms with Crippen LogP contribution in [0.2, 0.25) is 0 Å². The summed E-state index contributed by atoms with van der Waals surface area (Å²) in [6, 6.07) is 3.85. The maximum atomic E-state index is 13.1. The van der Waals surface area contributed by atoms with E-state index < -0.39 is 11.6 Å². The number of hydrogen-bond donors (Lipinski definition) is 2. The minimum atomic E-state index is -0.828. The minimum Gasteiger partial charge on any atom is -0.325 e. The molecule has 0 radical (unpaired) electrons. The van der Waals surface area contributed by atoms with Crippen molar-refractivity contribution in [3.8, 4) is 0 Å². The molecule has 0 heterocycles. The monoisotopic (exact) mass is 228 g/mol. The fraction of sp³-hybridized carbons (Fsp3) is 0.500. The van der Waals surface area contributed by atoms with E-state index in [9.17, 15) is 8.78 Å². The number of rotatable bonds is 4. The van der Waals surface area contributed by atoms with Crippen LogP contribution in [0, 0.1) is 11.6 Å². The van der Waals surface area contributed by atoms with Crippen LogP contribution < -0.4 is 11.1 Å². The zero-order chi connectivity index (χ0) is 12.3. The van der Waals surface area contributed by atoms with Crippen LogP contribution in [0.15, 0.2) is 18.2 Å². The Balaban J connectivity index is 2.91. The molecule has 0 amide bonds. The molecule has 0 aliphatic heterocycles. The summed E-state index contributed by atoms with van der Waals surface area (Å²) in [5.41, 5.74) is 6.26. The van der Waals surface area contributed by atoms with Crippen molar-refractivity contribution >= 4 is 0 Å². The lowest BCUT2D eigenvalue weighted by Crippen LogP contribution is -2.36. The lowest BCUT2D eigenvalue weighted by atomic mass is 9.92. The molecule has 90 valence electrons. The van der Waals surface area contributed by atoms with Gasteiger partial charge in [0.25, 0.3) is 0 Å². The Morgan fingerprint density at radius 1 is 1.31 bits per heavy atom. The molecule has 1 rings (SSSR count). The summed E-state index contributed by atoms with van der Waals surface area (Å²) in [5, 5.41) is 3.05. The second-order valence-electron chi connectivity index (χ2n) is 4.71. The normalized spacial score (nSPS) is 13.9. The molecule has 0 spiro atoms. The molecule has 1 aromatic carbocycles. The minimum absolute atomic E-state index is 0.0740. The summed E-state index contributed by atoms with van der Waals surface area (Å²) >= 11 is 0. The van der Waals surface area contributed by atoms with E-state index in [1.54, 1.807) is 13.1 Å². The molecule has 1 aromatic rings. The van der Waals surface area contributed by atoms with E-state index in [0.29, 0.717) is 12.0 Å². The van der Waals surface area contributed by atoms with E-state index >= 15 is 0 Å². The number of benzene rings is 1. The molecule has 16 heavy (non-hydrogen) atoms. The van der Waals surface area contributed by atoms with Crippen molar-refractivity contribution in [1.29, 1.82) is 0 Å². The Morgan fingerprint density at radius 3 is 2.38 bits per heavy atom. The van der Waals surface area contributed by atoms with Crippen LogP contribution in [0.25, 0.3) is 0 Å². The summed E-state index contributed by atoms with van der Waals surface area (Å²) in [4.78, 5) is 0. The molecule has 2 nitrogen and oxygen atoms in total. The van der Waals surface area contributed by atoms with Gasteiger partial charge < -0.3 is 11.1 Å². The van der Waals surface area contributed by atoms with Gasteiger partial charge in [-0.3, -0.25) is 0 Å². The first-order chi connectivity index (χ1) is 7.33. The van der Waals surface area contributed by atoms with Crippen molar-refractivity contribution in [2.24, 2.45) is 5.73 Å². The van der Waals surface area contributed by atoms with Crippen LogP contribution in [-0.4, -0.2) is 12.6 Å². The summed E-state index contributed by atoms with van der Waals surface area (Å²) < 4.78 is 25.9. The van der Waals surface area contributed by atoms with Gasteiger partial charge in [-0.2, -0.15) is 0 Å². The fourth-order valence-electron chi connectivity index (χ4n) is 1.64. The molecule has 0 saturated heterocycles. The molecule has 0 bridgehead atoms. The predicted molar refractivity (Wildman–Crippen MR) is 61.0 cm³/mol. The molecular formula is C12H18F2N2. The van der Waals surface area contributed by atoms with Gasteiger partial charge in [0.05, 0.1) is 0 Å². The second kappa shape index (κ2) is 4.89. The molecule has 4 heteroatoms. The van der Waals surface area contributed by atoms with Crippen LogP contribution in [0.1, 0.15) is 31.9 Å². The summed E-state index contributed by atoms with van der Waals surface area (Å²) in [6.07, 6.45) is 0.647. The molecule has 0 aromatic heterocycles. The highest BCUT2D eigenvalue weighted by molar-refractivity contribution is 5.21. The van der Waals surface area contributed by atoms with E-state index in [-0.39, 0.29) is 11.6 Å². The number of hydrogen-bond acceptors (Lipinski definition) is 2. The molecule has 1 unspecified atom stereocenters. The zero-order valence-corrected chi connectivity index (χ0v) is 9.85. The van der Waals surface area contributed by atoms with Crippen molar-refractivity contribution < 1.29 is 8.78 Å². The number of nitrogens with one attached hydrogen (secondary N) is 1. The van der Waals surface area contributed by atoms with Crippen molar-refractivity contribution in [2.45, 2.75) is 31.8 Å². The highest BCUT2D eigenvalue weighted by Gasteiger charge is 2.20. The van der Waals surface area contributed by atoms with Crippen LogP contribution in [0.5, 0.6) is 0 Å². The number of nitrogens with two attached hydrogens (primary N) is 1. The largest absolute Gasteiger partial charge is 0.325 e. The van der Waals surface area contributed by atoms with Gasteiger partial charge >= 0.3 is 0 Å². The van der Waals surface area contributed by atoms with Gasteiger partial charge in [0.2, 0.25) is 0 Å². The first-order valence-corrected chi connectivity index (χ1v) is 5.24. The Labute approximate surface area is 94.8 Å². The van der Waals surface area contributed by atoms with E-state index in [1.807, 2.05) is 13.8 Å². The van der Waals surface area contributed by atoms with Crippen molar-refractivity contribution in [3.63, 3.8) is 0 Å². The topological polar surface area (TPSA) is 38.0 Å². The second-order valence-corrected chi connectivity index (χ2v) is 4.71. The van der Waals surface area contributed by atoms with Gasteiger partial charge in [0.15, 0.2) is 11.6 Å². The van der Waals surface area contributed by atoms with Crippen molar-refractivity contribution in [3.05, 3.63) is 35.4 Å². The lowest BCUT2D eigenvalue weighted by molar-refractivity contribution is 0.393. The van der Waals surface area contributed by atoms with E-state index in [1.165, 1.54) is 6.07 Å². The Morgan fingerprint density at radius 2 is 1.94 bits per heavy atom. The van der Waals surface area contributed by atoms with Gasteiger partial charge in [0, 0.05) is 11.6 Å². The van der Waals surface area contributed by atoms with Crippen molar-refractivity contribution in [1.82, 2.24) is 5.32 Å². The number of halogens is 2. The molecule has 3 N–H and O–H groups in total. The standard InChI is InChI=1S/C12H18F2N2/c1-12(2,15)7-11(16-3)8-4-5-9(13)10(14)6-8/h4-6,11,16H,7,15H2,1-3H3. The molecule has 1 atom stereocenters. The highest BCUT2D eigenvalue weighted by atomic mass is 19.2. The maximum absolute atomic E-state index is 13.1. The summed E-state index contributed by atoms with van der Waals surface area (Å²) in [7, 11) is 1.78. The van der Waals surface area contributed by atoms with Gasteiger partial charge in [-0.05, 0) is 45.0 Å². The Kier molecular flexibility index (Phi) is 3.99. The molecule has 0 fully saturated rings. The molecule has 0 aliphatic carbocycles. The van der Waals surface area contributed by atoms with Crippen LogP contribution in [-0.2, 0) is 0 Å². The molecule has 0 saturated carbocycles. The smallest absolute Gasteiger partial charge is 0.159 e. The lowest BCUT2D eigenvalue weighted by Gasteiger charge is -2.26. The van der Waals surface area contributed by atoms with E-state index in [0.717, 1.165) is 6.07 Å². The first kappa shape index (κ1) is 13.1. The highest BCUT2D eigenvalue weighted by Crippen LogP contribution is 2.23. The van der Waals surface area contributed by atoms with Gasteiger partial charge in [0.1, 0.15) is 0 Å². The third-order valence-corrected chi connectivity index (χ3v) is 2.42. The summed E-state index contributed by atoms with van der Waals surface area (Å²) in [6.45, 7) is 3.80. The SMILES string of the molecule is CNC(CC(C)(C)N)c1ccc(F)c(F)c1. The summed E-state index contributed by atoms with van der Waals surface area (Å²) in [5.74, 6) is -1.65. The van der Waals surface area contributed by atoms with Crippen molar-refractivity contribution in [2.75, 3.05) is 7.05 Å². The van der Waals surface area contributed by atoms with E-state index in [4.69, 9.17) is 5.73 Å². The Hall–Kier alpha value is -1.00. The Bertz CT molecular complexity index is 359. The van der Waals surface area contributed by atoms with Gasteiger partial charge in [-0.15, -0.1) is 0 Å². The average molecular weight is 228 g/mol. The van der Waals surface area contributed by atoms with Gasteiger partial charge in [-0.1, -0.05) is 6.07 Å². The first-order valence-electron chi connectivity index (χ1n) is 5.24. The third-order valence-electron chi connectivity index (χ3n) is 2.42. The van der Waals surface area contributed by atoms with Crippen LogP contribution in [0.3, 0.4) is 0 Å². The molecular weight excluding hydrogens is 210 g/mol.